The van der Waals surface area contributed by atoms with Crippen molar-refractivity contribution >= 4 is 17.0 Å². The van der Waals surface area contributed by atoms with E-state index < -0.39 is 0 Å². The van der Waals surface area contributed by atoms with Gasteiger partial charge in [0.2, 0.25) is 0 Å². The summed E-state index contributed by atoms with van der Waals surface area (Å²) in [7, 11) is 1.72. The maximum Gasteiger partial charge on any atom is 0.118 e. The minimum atomic E-state index is 0. The zero-order valence-electron chi connectivity index (χ0n) is 12.2. The summed E-state index contributed by atoms with van der Waals surface area (Å²) in [6.45, 7) is 1.15. The lowest BCUT2D eigenvalue weighted by Crippen LogP contribution is -2.39. The van der Waals surface area contributed by atoms with Gasteiger partial charge in [0.25, 0.3) is 0 Å². The van der Waals surface area contributed by atoms with Gasteiger partial charge in [-0.2, -0.15) is 0 Å². The van der Waals surface area contributed by atoms with Gasteiger partial charge in [0.15, 0.2) is 0 Å². The predicted octanol–water partition coefficient (Wildman–Crippen LogP) is 4.05. The zero-order valence-corrected chi connectivity index (χ0v) is 13.9. The van der Waals surface area contributed by atoms with Gasteiger partial charge >= 0.3 is 0 Å². The van der Waals surface area contributed by atoms with E-state index in [9.17, 15) is 0 Å². The van der Waals surface area contributed by atoms with Crippen LogP contribution in [0.5, 0.6) is 5.75 Å². The summed E-state index contributed by atoms with van der Waals surface area (Å²) >= 11 is 0. The zero-order chi connectivity index (χ0) is 13.1. The molecule has 3 heteroatoms. The highest BCUT2D eigenvalue weighted by molar-refractivity contribution is 8.93. The molecule has 0 saturated carbocycles. The summed E-state index contributed by atoms with van der Waals surface area (Å²) in [6, 6.07) is 9.08. The van der Waals surface area contributed by atoms with Gasteiger partial charge in [-0.05, 0) is 62.8 Å². The Labute approximate surface area is 132 Å². The molecule has 20 heavy (non-hydrogen) atoms. The average molecular weight is 338 g/mol. The van der Waals surface area contributed by atoms with Crippen molar-refractivity contribution in [1.82, 2.24) is 5.32 Å². The molecule has 0 bridgehead atoms. The number of halogens is 1. The molecule has 0 aromatic heterocycles. The van der Waals surface area contributed by atoms with Crippen LogP contribution in [0.3, 0.4) is 0 Å². The van der Waals surface area contributed by atoms with Crippen molar-refractivity contribution in [2.45, 2.75) is 44.6 Å². The molecule has 2 nitrogen and oxygen atoms in total. The monoisotopic (exact) mass is 337 g/mol. The van der Waals surface area contributed by atoms with Crippen molar-refractivity contribution < 1.29 is 4.74 Å². The van der Waals surface area contributed by atoms with Crippen LogP contribution in [0.25, 0.3) is 0 Å². The quantitative estimate of drug-likeness (QED) is 0.840. The van der Waals surface area contributed by atoms with E-state index >= 15 is 0 Å². The molecule has 110 valence electrons. The van der Waals surface area contributed by atoms with Crippen molar-refractivity contribution in [3.8, 4) is 5.75 Å². The molecule has 1 N–H and O–H groups in total. The molecule has 0 saturated heterocycles. The molecule has 0 amide bonds. The molecule has 1 unspecified atom stereocenters. The molecule has 0 radical (unpaired) electrons. The van der Waals surface area contributed by atoms with Crippen LogP contribution in [0.4, 0.5) is 0 Å². The fraction of sp³-hybridized carbons (Fsp3) is 0.529. The highest BCUT2D eigenvalue weighted by atomic mass is 79.9. The van der Waals surface area contributed by atoms with Gasteiger partial charge in [0.1, 0.15) is 5.75 Å². The third-order valence-corrected chi connectivity index (χ3v) is 4.47. The Bertz CT molecular complexity index is 462. The van der Waals surface area contributed by atoms with Crippen molar-refractivity contribution in [2.75, 3.05) is 13.7 Å². The van der Waals surface area contributed by atoms with E-state index in [-0.39, 0.29) is 17.0 Å². The lowest BCUT2D eigenvalue weighted by Gasteiger charge is -2.33. The molecule has 1 aromatic carbocycles. The standard InChI is InChI=1S/C17H23NO.BrH/c1-19-15-8-6-13(7-9-15)12-17-16-5-3-2-4-14(16)10-11-18-17;/h6-9,17-18H,2-5,10-12H2,1H3;1H. The largest absolute Gasteiger partial charge is 0.497 e. The molecule has 0 fully saturated rings. The summed E-state index contributed by atoms with van der Waals surface area (Å²) < 4.78 is 5.22. The molecule has 1 aliphatic heterocycles. The van der Waals surface area contributed by atoms with Gasteiger partial charge in [-0.15, -0.1) is 17.0 Å². The number of methoxy groups -OCH3 is 1. The lowest BCUT2D eigenvalue weighted by atomic mass is 9.81. The second-order valence-corrected chi connectivity index (χ2v) is 5.64. The van der Waals surface area contributed by atoms with E-state index in [1.165, 1.54) is 37.7 Å². The van der Waals surface area contributed by atoms with Crippen LogP contribution in [0, 0.1) is 0 Å². The van der Waals surface area contributed by atoms with Crippen LogP contribution in [-0.2, 0) is 6.42 Å². The first kappa shape index (κ1) is 15.6. The SMILES string of the molecule is Br.COc1ccc(CC2NCCC3=C2CCCC3)cc1. The van der Waals surface area contributed by atoms with Crippen LogP contribution in [0.2, 0.25) is 0 Å². The van der Waals surface area contributed by atoms with E-state index in [0.29, 0.717) is 6.04 Å². The molecule has 0 spiro atoms. The summed E-state index contributed by atoms with van der Waals surface area (Å²) in [5.41, 5.74) is 4.87. The van der Waals surface area contributed by atoms with E-state index in [2.05, 4.69) is 29.6 Å². The number of hydrogen-bond donors (Lipinski definition) is 1. The second-order valence-electron chi connectivity index (χ2n) is 5.64. The molecular weight excluding hydrogens is 314 g/mol. The highest BCUT2D eigenvalue weighted by Gasteiger charge is 2.24. The van der Waals surface area contributed by atoms with Gasteiger partial charge in [0, 0.05) is 6.04 Å². The number of benzene rings is 1. The molecule has 1 aliphatic carbocycles. The summed E-state index contributed by atoms with van der Waals surface area (Å²) in [4.78, 5) is 0. The molecule has 1 heterocycles. The molecule has 2 aliphatic rings. The van der Waals surface area contributed by atoms with E-state index in [1.54, 1.807) is 18.3 Å². The minimum Gasteiger partial charge on any atom is -0.497 e. The van der Waals surface area contributed by atoms with Gasteiger partial charge in [-0.25, -0.2) is 0 Å². The van der Waals surface area contributed by atoms with Crippen molar-refractivity contribution in [3.05, 3.63) is 41.0 Å². The van der Waals surface area contributed by atoms with Crippen LogP contribution >= 0.6 is 17.0 Å². The third-order valence-electron chi connectivity index (χ3n) is 4.47. The van der Waals surface area contributed by atoms with Crippen LogP contribution in [-0.4, -0.2) is 19.7 Å². The van der Waals surface area contributed by atoms with Crippen LogP contribution < -0.4 is 10.1 Å². The number of nitrogens with one attached hydrogen (secondary N) is 1. The fourth-order valence-electron chi connectivity index (χ4n) is 3.41. The Hall–Kier alpha value is -0.800. The first-order chi connectivity index (χ1) is 9.36. The summed E-state index contributed by atoms with van der Waals surface area (Å²) in [5, 5.41) is 3.71. The molecule has 3 rings (SSSR count). The predicted molar refractivity (Wildman–Crippen MR) is 88.9 cm³/mol. The Morgan fingerprint density at radius 3 is 2.60 bits per heavy atom. The maximum atomic E-state index is 5.22. The first-order valence-electron chi connectivity index (χ1n) is 7.44. The normalized spacial score (nSPS) is 21.9. The number of rotatable bonds is 3. The summed E-state index contributed by atoms with van der Waals surface area (Å²) in [5.74, 6) is 0.943. The van der Waals surface area contributed by atoms with Crippen molar-refractivity contribution in [3.63, 3.8) is 0 Å². The Kier molecular flexibility index (Phi) is 5.67. The van der Waals surface area contributed by atoms with Gasteiger partial charge in [-0.1, -0.05) is 23.3 Å². The number of hydrogen-bond acceptors (Lipinski definition) is 2. The van der Waals surface area contributed by atoms with Gasteiger partial charge in [-0.3, -0.25) is 0 Å². The number of ether oxygens (including phenoxy) is 1. The fourth-order valence-corrected chi connectivity index (χ4v) is 3.41. The molecule has 1 atom stereocenters. The average Bonchev–Trinajstić information content (AvgIpc) is 2.48. The van der Waals surface area contributed by atoms with E-state index in [4.69, 9.17) is 4.74 Å². The van der Waals surface area contributed by atoms with Crippen LogP contribution in [0.15, 0.2) is 35.4 Å². The first-order valence-corrected chi connectivity index (χ1v) is 7.44. The Morgan fingerprint density at radius 2 is 1.85 bits per heavy atom. The van der Waals surface area contributed by atoms with Crippen LogP contribution in [0.1, 0.15) is 37.7 Å². The Balaban J connectivity index is 0.00000147. The molecular formula is C17H24BrNO. The Morgan fingerprint density at radius 1 is 1.10 bits per heavy atom. The van der Waals surface area contributed by atoms with Crippen molar-refractivity contribution in [1.29, 1.82) is 0 Å². The van der Waals surface area contributed by atoms with Gasteiger partial charge < -0.3 is 10.1 Å². The third kappa shape index (κ3) is 3.44. The highest BCUT2D eigenvalue weighted by Crippen LogP contribution is 2.32. The second kappa shape index (κ2) is 7.28. The topological polar surface area (TPSA) is 21.3 Å². The minimum absolute atomic E-state index is 0. The van der Waals surface area contributed by atoms with E-state index in [0.717, 1.165) is 18.7 Å². The maximum absolute atomic E-state index is 5.22. The smallest absolute Gasteiger partial charge is 0.118 e. The lowest BCUT2D eigenvalue weighted by molar-refractivity contribution is 0.414. The summed E-state index contributed by atoms with van der Waals surface area (Å²) in [6.07, 6.45) is 7.81. The molecule has 1 aromatic rings. The van der Waals surface area contributed by atoms with Gasteiger partial charge in [0.05, 0.1) is 7.11 Å². The van der Waals surface area contributed by atoms with E-state index in [1.807, 2.05) is 0 Å². The van der Waals surface area contributed by atoms with Crippen molar-refractivity contribution in [2.24, 2.45) is 0 Å².